The van der Waals surface area contributed by atoms with Crippen LogP contribution < -0.4 is 174 Å². The maximum absolute atomic E-state index is 11.8. The van der Waals surface area contributed by atoms with Crippen molar-refractivity contribution in [1.82, 2.24) is 0 Å². The number of esters is 4. The first kappa shape index (κ1) is 126. The number of benzene rings is 6. The maximum atomic E-state index is 11.8. The van der Waals surface area contributed by atoms with Crippen molar-refractivity contribution >= 4 is 108 Å². The van der Waals surface area contributed by atoms with Gasteiger partial charge in [0.2, 0.25) is 9.23 Å². The van der Waals surface area contributed by atoms with E-state index in [4.69, 9.17) is 104 Å². The number of rotatable bonds is 25. The summed E-state index contributed by atoms with van der Waals surface area (Å²) in [5.41, 5.74) is 8.93. The first-order valence-corrected chi connectivity index (χ1v) is 39.9. The van der Waals surface area contributed by atoms with Crippen molar-refractivity contribution in [2.75, 3.05) is 80.6 Å². The molecule has 27 nitrogen and oxygen atoms in total. The zero-order valence-electron chi connectivity index (χ0n) is 74.4. The van der Waals surface area contributed by atoms with Crippen LogP contribution >= 0.6 is 44.6 Å². The number of carbonyl (C=O) groups excluding carboxylic acids is 5. The van der Waals surface area contributed by atoms with Crippen LogP contribution in [0.15, 0.2) is 121 Å². The van der Waals surface area contributed by atoms with Gasteiger partial charge in [0.1, 0.15) is 115 Å². The minimum atomic E-state index is -1.67. The van der Waals surface area contributed by atoms with Gasteiger partial charge in [0.25, 0.3) is 12.9 Å². The molecule has 9 rings (SSSR count). The third-order valence-electron chi connectivity index (χ3n) is 14.7. The van der Waals surface area contributed by atoms with Crippen molar-refractivity contribution in [2.45, 2.75) is 166 Å². The molecule has 0 aliphatic carbocycles. The Labute approximate surface area is 845 Å². The molecule has 0 fully saturated rings. The van der Waals surface area contributed by atoms with Gasteiger partial charge in [-0.25, -0.2) is 23.4 Å². The minimum Gasteiger partial charge on any atom is -1.00 e. The third-order valence-corrected chi connectivity index (χ3v) is 15.4. The molecule has 6 aromatic rings. The van der Waals surface area contributed by atoms with Gasteiger partial charge in [0, 0.05) is 79.9 Å². The molecule has 0 unspecified atom stereocenters. The van der Waals surface area contributed by atoms with Gasteiger partial charge in [-0.1, -0.05) is 38.3 Å². The Morgan fingerprint density at radius 1 is 0.512 bits per heavy atom. The number of carboxylic acid groups (broad SMARTS) is 1. The van der Waals surface area contributed by atoms with Crippen molar-refractivity contribution < 1.29 is 254 Å². The molecule has 3 heterocycles. The molecule has 0 amide bonds. The number of ether oxygens (including phenoxy) is 14. The van der Waals surface area contributed by atoms with E-state index in [-0.39, 0.29) is 208 Å². The van der Waals surface area contributed by atoms with Gasteiger partial charge in [0.05, 0.1) is 80.6 Å². The fraction of sp³-hybridized carbons (Fsp3) is 0.435. The van der Waals surface area contributed by atoms with Crippen molar-refractivity contribution in [1.29, 1.82) is 0 Å². The summed E-state index contributed by atoms with van der Waals surface area (Å²) in [6, 6.07) is 24.2. The fourth-order valence-corrected chi connectivity index (χ4v) is 10.7. The Morgan fingerprint density at radius 2 is 0.818 bits per heavy atom. The Bertz CT molecular complexity index is 4130. The van der Waals surface area contributed by atoms with Crippen molar-refractivity contribution in [3.8, 4) is 69.0 Å². The number of aliphatic hydroxyl groups is 1. The number of carbonyl (C=O) groups is 6. The third kappa shape index (κ3) is 48.8. The van der Waals surface area contributed by atoms with E-state index in [9.17, 15) is 34.5 Å². The number of hydrogen-bond acceptors (Lipinski definition) is 26. The van der Waals surface area contributed by atoms with Gasteiger partial charge in [-0.2, -0.15) is 0 Å². The van der Waals surface area contributed by atoms with Crippen molar-refractivity contribution in [3.63, 3.8) is 0 Å². The molecular formula is C85H120AlCl4K2LiO27S. The van der Waals surface area contributed by atoms with Crippen LogP contribution in [0.2, 0.25) is 0 Å². The van der Waals surface area contributed by atoms with E-state index in [1.54, 1.807) is 36.4 Å². The van der Waals surface area contributed by atoms with E-state index < -0.39 is 33.1 Å². The molecule has 0 aromatic heterocycles. The van der Waals surface area contributed by atoms with Gasteiger partial charge in [-0.05, 0) is 201 Å². The predicted octanol–water partition coefficient (Wildman–Crippen LogP) is 7.18. The molecular weight excluding hydrogens is 1740 g/mol. The van der Waals surface area contributed by atoms with E-state index in [0.29, 0.717) is 116 Å². The first-order valence-electron chi connectivity index (χ1n) is 36.0. The first-order chi connectivity index (χ1) is 54.7. The SMILES string of the molecule is C.C=C(C)CCl.C=C(C)COc1ccc(OCC)cc1C(=O)OC.C=C(C)Cc1cc(OCC)cc(C(=O)OC)c1O.CCOc1cc(CCl)c2c(c1)CC(C)(C)O2.CCOc1cc(CO)c2c(c1)CC(C)(C)O2.CCOc1cc2c(c(C(=O)OC)c1)OC(C)(C)C2.CCOc1ccc(O)c(C(=O)OC)c1.O=CO.O=CO[O-].O=S(Cl)Cl.[AlH3].[H-].[H-].[K+].[K+].[Li+]. The van der Waals surface area contributed by atoms with Gasteiger partial charge in [0.15, 0.2) is 17.4 Å². The zero-order chi connectivity index (χ0) is 88.6. The summed E-state index contributed by atoms with van der Waals surface area (Å²) in [6.07, 6.45) is 3.01. The summed E-state index contributed by atoms with van der Waals surface area (Å²) in [4.78, 5) is 65.8. The van der Waals surface area contributed by atoms with Crippen molar-refractivity contribution in [2.24, 2.45) is 0 Å². The number of methoxy groups -OCH3 is 4. The van der Waals surface area contributed by atoms with E-state index in [2.05, 4.69) is 89.2 Å². The summed E-state index contributed by atoms with van der Waals surface area (Å²) >= 11 is 11.2. The summed E-state index contributed by atoms with van der Waals surface area (Å²) < 4.78 is 83.2. The fourth-order valence-electron chi connectivity index (χ4n) is 10.5. The Kier molecular flexibility index (Phi) is 70.9. The molecule has 0 bridgehead atoms. The quantitative estimate of drug-likeness (QED) is 0.00507. The smallest absolute Gasteiger partial charge is 1.00 e. The number of aliphatic hydroxyl groups excluding tert-OH is 1. The molecule has 36 heteroatoms. The molecule has 0 saturated heterocycles. The number of phenols is 2. The second-order valence-corrected chi connectivity index (χ2v) is 29.4. The van der Waals surface area contributed by atoms with Crippen LogP contribution in [0.3, 0.4) is 0 Å². The Balaban J connectivity index is -0.000000205. The van der Waals surface area contributed by atoms with Crippen LogP contribution in [0.25, 0.3) is 0 Å². The Morgan fingerprint density at radius 3 is 1.18 bits per heavy atom. The average Bonchev–Trinajstić information content (AvgIpc) is 1.66. The van der Waals surface area contributed by atoms with Crippen LogP contribution in [0.1, 0.15) is 189 Å². The van der Waals surface area contributed by atoms with E-state index in [1.807, 2.05) is 100 Å². The maximum Gasteiger partial charge on any atom is 1.00 e. The average molecular weight is 1860 g/mol. The van der Waals surface area contributed by atoms with Gasteiger partial charge < -0.3 is 99.7 Å². The van der Waals surface area contributed by atoms with Crippen LogP contribution in [0, 0.1) is 0 Å². The summed E-state index contributed by atoms with van der Waals surface area (Å²) in [7, 11) is 12.6. The second kappa shape index (κ2) is 67.9. The van der Waals surface area contributed by atoms with Gasteiger partial charge in [-0.15, -0.1) is 23.2 Å². The van der Waals surface area contributed by atoms with Crippen LogP contribution in [-0.4, -0.2) is 176 Å². The van der Waals surface area contributed by atoms with Crippen LogP contribution in [0.4, 0.5) is 0 Å². The van der Waals surface area contributed by atoms with E-state index >= 15 is 0 Å². The monoisotopic (exact) mass is 1860 g/mol. The predicted molar refractivity (Wildman–Crippen MR) is 464 cm³/mol. The summed E-state index contributed by atoms with van der Waals surface area (Å²) in [5, 5.41) is 44.0. The molecule has 3 aliphatic heterocycles. The van der Waals surface area contributed by atoms with E-state index in [0.717, 1.165) is 81.2 Å². The number of hydrogen-bond donors (Lipinski definition) is 4. The molecule has 0 spiro atoms. The van der Waals surface area contributed by atoms with Gasteiger partial charge >= 0.3 is 146 Å². The normalized spacial score (nSPS) is 11.7. The molecule has 662 valence electrons. The van der Waals surface area contributed by atoms with Crippen LogP contribution in [0.5, 0.6) is 69.0 Å². The number of phenolic OH excluding ortho intramolecular Hbond substituents is 2. The minimum absolute atomic E-state index is 0. The standard InChI is InChI=1S/3C14H18O4.C13H17ClO2.C13H18O3.C10H12O4.C4H7Cl.CH2O3.CH2O2.CH4.Al.Cl2OS.2K.Li.5H/c1-5-17-10-6-9-8-14(2,3)18-12(9)11(7-10)13(15)16-4;1-5-18-11-7-10(6-9(2)3)13(15)12(8-11)14(16)17-4;1-5-17-11-6-7-13(18-9-10(2)3)12(8-11)14(15)16-4;2*1-4-15-11-5-9-7-13(2,3)16-12(9)10(6-11)8-14;1-3-14-7-4-5-9(11)8(6-7)10(12)13-2;1-4(2)3-5;2-1-4-3;2-1-3;;;1-4(2)3;;;;;;;;/h6-7H,5,8H2,1-4H3;7-8,15H,2,5-6H2,1,3-4H3;6-8H,2,5,9H2,1,3-4H3;5-6H,4,7-8H2,1-3H3;5-6,14H,4,7-8H2,1-3H3;4-6,11H,3H2,1-2H3;1,3H2,2H3;1,3H;1H,(H,2,3);1H4;;;;;;;;;;/q;;;;;;;;;;;;3*+1;;;;2*-1/p-1. The summed E-state index contributed by atoms with van der Waals surface area (Å²) in [5.74, 6) is 5.76. The molecule has 0 saturated carbocycles. The number of halogens is 4. The topological polar surface area (TPSA) is 362 Å². The Hall–Kier alpha value is -5.41. The second-order valence-electron chi connectivity index (χ2n) is 26.3. The number of fused-ring (bicyclic) bond motifs is 3. The molecule has 0 radical (unpaired) electrons. The molecule has 6 aromatic carbocycles. The number of allylic oxidation sites excluding steroid dienone is 2. The molecule has 3 aliphatic rings. The van der Waals surface area contributed by atoms with Crippen molar-refractivity contribution in [3.05, 3.63) is 177 Å². The largest absolute Gasteiger partial charge is 1.00 e. The van der Waals surface area contributed by atoms with Crippen LogP contribution in [-0.2, 0) is 80.8 Å². The number of alkyl halides is 2. The van der Waals surface area contributed by atoms with E-state index in [1.165, 1.54) is 52.2 Å². The zero-order valence-corrected chi connectivity index (χ0v) is 82.4. The molecule has 121 heavy (non-hydrogen) atoms. The molecule has 0 atom stereocenters. The van der Waals surface area contributed by atoms with Gasteiger partial charge in [-0.3, -0.25) is 9.59 Å². The summed E-state index contributed by atoms with van der Waals surface area (Å²) in [6.45, 7) is 43.7. The number of aromatic hydroxyl groups is 2. The molecule has 4 N–H and O–H groups in total.